The van der Waals surface area contributed by atoms with Gasteiger partial charge in [-0.1, -0.05) is 0 Å². The summed E-state index contributed by atoms with van der Waals surface area (Å²) < 4.78 is 0. The number of hydrogen-bond donors (Lipinski definition) is 1. The number of hydrogen-bond acceptors (Lipinski definition) is 4. The van der Waals surface area contributed by atoms with E-state index in [4.69, 9.17) is 0 Å². The maximum absolute atomic E-state index is 4.65. The highest BCUT2D eigenvalue weighted by atomic mass is 32.1. The topological polar surface area (TPSA) is 37.8 Å². The summed E-state index contributed by atoms with van der Waals surface area (Å²) in [6.07, 6.45) is 3.58. The first-order chi connectivity index (χ1) is 7.63. The van der Waals surface area contributed by atoms with Crippen molar-refractivity contribution < 1.29 is 0 Å². The van der Waals surface area contributed by atoms with E-state index in [-0.39, 0.29) is 5.54 Å². The lowest BCUT2D eigenvalue weighted by Gasteiger charge is -2.21. The van der Waals surface area contributed by atoms with Crippen LogP contribution in [0.1, 0.15) is 19.5 Å². The van der Waals surface area contributed by atoms with Crippen molar-refractivity contribution in [1.29, 1.82) is 0 Å². The van der Waals surface area contributed by atoms with Gasteiger partial charge in [-0.25, -0.2) is 4.98 Å². The second-order valence-corrected chi connectivity index (χ2v) is 5.01. The van der Waals surface area contributed by atoms with E-state index in [0.29, 0.717) is 0 Å². The Balaban J connectivity index is 2.34. The normalized spacial score (nSPS) is 11.7. The third kappa shape index (κ3) is 2.13. The number of thiazole rings is 1. The smallest absolute Gasteiger partial charge is 0.123 e. The minimum Gasteiger partial charge on any atom is -0.310 e. The van der Waals surface area contributed by atoms with Crippen molar-refractivity contribution in [3.8, 4) is 10.6 Å². The van der Waals surface area contributed by atoms with Crippen molar-refractivity contribution in [2.24, 2.45) is 0 Å². The van der Waals surface area contributed by atoms with Gasteiger partial charge in [0, 0.05) is 23.3 Å². The average Bonchev–Trinajstić information content (AvgIpc) is 2.80. The Hall–Kier alpha value is -1.26. The second-order valence-electron chi connectivity index (χ2n) is 4.15. The van der Waals surface area contributed by atoms with Crippen LogP contribution in [0.5, 0.6) is 0 Å². The molecular weight excluding hydrogens is 218 g/mol. The van der Waals surface area contributed by atoms with Crippen molar-refractivity contribution in [2.75, 3.05) is 7.05 Å². The maximum Gasteiger partial charge on any atom is 0.123 e. The van der Waals surface area contributed by atoms with E-state index >= 15 is 0 Å². The van der Waals surface area contributed by atoms with E-state index in [1.54, 1.807) is 23.7 Å². The summed E-state index contributed by atoms with van der Waals surface area (Å²) in [5, 5.41) is 6.40. The van der Waals surface area contributed by atoms with E-state index in [2.05, 4.69) is 34.5 Å². The molecule has 0 aliphatic carbocycles. The summed E-state index contributed by atoms with van der Waals surface area (Å²) >= 11 is 1.67. The van der Waals surface area contributed by atoms with Gasteiger partial charge >= 0.3 is 0 Å². The third-order valence-electron chi connectivity index (χ3n) is 2.70. The Morgan fingerprint density at radius 3 is 2.56 bits per heavy atom. The maximum atomic E-state index is 4.65. The Bertz CT molecular complexity index is 462. The zero-order chi connectivity index (χ0) is 11.6. The van der Waals surface area contributed by atoms with Crippen LogP contribution in [0.2, 0.25) is 0 Å². The molecule has 0 saturated carbocycles. The minimum atomic E-state index is -0.0816. The predicted octanol–water partition coefficient (Wildman–Crippen LogP) is 2.66. The Kier molecular flexibility index (Phi) is 3.03. The van der Waals surface area contributed by atoms with Gasteiger partial charge in [0.15, 0.2) is 0 Å². The van der Waals surface area contributed by atoms with Crippen molar-refractivity contribution in [3.05, 3.63) is 35.6 Å². The van der Waals surface area contributed by atoms with Crippen LogP contribution >= 0.6 is 11.3 Å². The van der Waals surface area contributed by atoms with Crippen LogP contribution in [0.3, 0.4) is 0 Å². The van der Waals surface area contributed by atoms with Crippen molar-refractivity contribution in [3.63, 3.8) is 0 Å². The lowest BCUT2D eigenvalue weighted by atomic mass is 10.0. The van der Waals surface area contributed by atoms with Crippen LogP contribution in [0.15, 0.2) is 29.9 Å². The number of nitrogens with zero attached hydrogens (tertiary/aromatic N) is 2. The molecule has 2 rings (SSSR count). The summed E-state index contributed by atoms with van der Waals surface area (Å²) in [6, 6.07) is 3.96. The van der Waals surface area contributed by atoms with Gasteiger partial charge in [-0.05, 0) is 33.0 Å². The Morgan fingerprint density at radius 2 is 1.94 bits per heavy atom. The van der Waals surface area contributed by atoms with Crippen LogP contribution in [-0.4, -0.2) is 17.0 Å². The monoisotopic (exact) mass is 233 g/mol. The molecule has 1 N–H and O–H groups in total. The molecule has 0 atom stereocenters. The average molecular weight is 233 g/mol. The molecule has 0 amide bonds. The van der Waals surface area contributed by atoms with Gasteiger partial charge in [0.1, 0.15) is 5.01 Å². The van der Waals surface area contributed by atoms with Gasteiger partial charge < -0.3 is 5.32 Å². The van der Waals surface area contributed by atoms with Crippen LogP contribution in [0, 0.1) is 0 Å². The van der Waals surface area contributed by atoms with Crippen LogP contribution in [0.25, 0.3) is 10.6 Å². The molecule has 3 nitrogen and oxygen atoms in total. The molecule has 4 heteroatoms. The van der Waals surface area contributed by atoms with Crippen molar-refractivity contribution in [1.82, 2.24) is 15.3 Å². The molecule has 84 valence electrons. The summed E-state index contributed by atoms with van der Waals surface area (Å²) in [4.78, 5) is 8.66. The number of aromatic nitrogens is 2. The molecule has 16 heavy (non-hydrogen) atoms. The van der Waals surface area contributed by atoms with Gasteiger partial charge in [-0.3, -0.25) is 4.98 Å². The first-order valence-electron chi connectivity index (χ1n) is 5.19. The molecule has 0 spiro atoms. The molecule has 2 heterocycles. The molecule has 0 bridgehead atoms. The zero-order valence-electron chi connectivity index (χ0n) is 9.69. The molecule has 0 aliphatic rings. The van der Waals surface area contributed by atoms with Gasteiger partial charge in [-0.15, -0.1) is 11.3 Å². The first-order valence-corrected chi connectivity index (χ1v) is 6.07. The largest absolute Gasteiger partial charge is 0.310 e. The van der Waals surface area contributed by atoms with Crippen molar-refractivity contribution >= 4 is 11.3 Å². The zero-order valence-corrected chi connectivity index (χ0v) is 10.5. The summed E-state index contributed by atoms with van der Waals surface area (Å²) in [6.45, 7) is 4.25. The fraction of sp³-hybridized carbons (Fsp3) is 0.333. The van der Waals surface area contributed by atoms with Gasteiger partial charge in [0.25, 0.3) is 0 Å². The summed E-state index contributed by atoms with van der Waals surface area (Å²) in [5.74, 6) is 0. The van der Waals surface area contributed by atoms with Gasteiger partial charge in [0.05, 0.1) is 11.2 Å². The van der Waals surface area contributed by atoms with E-state index in [1.807, 2.05) is 19.2 Å². The number of nitrogens with one attached hydrogen (secondary N) is 1. The quantitative estimate of drug-likeness (QED) is 0.885. The standard InChI is InChI=1S/C12H15N3S/c1-12(2,13-3)10-8-16-11(15-10)9-4-6-14-7-5-9/h4-8,13H,1-3H3. The fourth-order valence-electron chi connectivity index (χ4n) is 1.32. The summed E-state index contributed by atoms with van der Waals surface area (Å²) in [7, 11) is 1.95. The molecule has 2 aromatic rings. The Labute approximate surface area is 99.6 Å². The van der Waals surface area contributed by atoms with Crippen LogP contribution in [0.4, 0.5) is 0 Å². The van der Waals surface area contributed by atoms with E-state index < -0.39 is 0 Å². The molecule has 0 unspecified atom stereocenters. The fourth-order valence-corrected chi connectivity index (χ4v) is 2.31. The third-order valence-corrected chi connectivity index (χ3v) is 3.59. The summed E-state index contributed by atoms with van der Waals surface area (Å²) in [5.41, 5.74) is 2.12. The highest BCUT2D eigenvalue weighted by molar-refractivity contribution is 7.13. The molecule has 0 saturated heterocycles. The molecule has 0 aromatic carbocycles. The lowest BCUT2D eigenvalue weighted by molar-refractivity contribution is 0.434. The highest BCUT2D eigenvalue weighted by Crippen LogP contribution is 2.27. The van der Waals surface area contributed by atoms with Crippen LogP contribution in [-0.2, 0) is 5.54 Å². The van der Waals surface area contributed by atoms with Crippen LogP contribution < -0.4 is 5.32 Å². The molecule has 0 radical (unpaired) electrons. The lowest BCUT2D eigenvalue weighted by Crippen LogP contribution is -2.33. The first kappa shape index (κ1) is 11.2. The Morgan fingerprint density at radius 1 is 1.25 bits per heavy atom. The second kappa shape index (κ2) is 4.31. The highest BCUT2D eigenvalue weighted by Gasteiger charge is 2.21. The van der Waals surface area contributed by atoms with Crippen molar-refractivity contribution in [2.45, 2.75) is 19.4 Å². The number of pyridine rings is 1. The molecular formula is C12H15N3S. The molecule has 0 fully saturated rings. The predicted molar refractivity (Wildman–Crippen MR) is 67.4 cm³/mol. The molecule has 0 aliphatic heterocycles. The molecule has 2 aromatic heterocycles. The SMILES string of the molecule is CNC(C)(C)c1csc(-c2ccncc2)n1. The number of rotatable bonds is 3. The minimum absolute atomic E-state index is 0.0816. The van der Waals surface area contributed by atoms with Gasteiger partial charge in [0.2, 0.25) is 0 Å². The van der Waals surface area contributed by atoms with Gasteiger partial charge in [-0.2, -0.15) is 0 Å². The van der Waals surface area contributed by atoms with E-state index in [0.717, 1.165) is 16.3 Å². The van der Waals surface area contributed by atoms with E-state index in [9.17, 15) is 0 Å². The van der Waals surface area contributed by atoms with E-state index in [1.165, 1.54) is 0 Å².